The standard InChI is InChI=1S/C19H23N3O/c1-16-18(14-17-10-6-5-7-11-17)15-19(23)22(21-16)13-9-4-2-3-8-12-20/h5-7,10-11,15H,2-4,8-9,13-14H2,1H3. The van der Waals surface area contributed by atoms with Crippen LogP contribution in [0.2, 0.25) is 0 Å². The first kappa shape index (κ1) is 17.0. The molecule has 0 amide bonds. The normalized spacial score (nSPS) is 10.4. The maximum Gasteiger partial charge on any atom is 0.267 e. The fraction of sp³-hybridized carbons (Fsp3) is 0.421. The molecule has 0 atom stereocenters. The summed E-state index contributed by atoms with van der Waals surface area (Å²) in [4.78, 5) is 12.2. The number of aryl methyl sites for hydroxylation is 2. The van der Waals surface area contributed by atoms with E-state index >= 15 is 0 Å². The number of rotatable bonds is 8. The van der Waals surface area contributed by atoms with Crippen molar-refractivity contribution in [1.29, 1.82) is 5.26 Å². The molecule has 120 valence electrons. The van der Waals surface area contributed by atoms with E-state index in [1.165, 1.54) is 5.56 Å². The van der Waals surface area contributed by atoms with E-state index in [1.54, 1.807) is 10.7 Å². The molecule has 0 fully saturated rings. The molecule has 0 saturated carbocycles. The fourth-order valence-corrected chi connectivity index (χ4v) is 2.60. The summed E-state index contributed by atoms with van der Waals surface area (Å²) in [6.45, 7) is 2.61. The van der Waals surface area contributed by atoms with Crippen molar-refractivity contribution in [2.24, 2.45) is 0 Å². The Hall–Kier alpha value is -2.41. The van der Waals surface area contributed by atoms with Crippen molar-refractivity contribution in [3.8, 4) is 6.07 Å². The predicted octanol–water partition coefficient (Wildman–Crippen LogP) is 3.62. The summed E-state index contributed by atoms with van der Waals surface area (Å²) in [6, 6.07) is 14.0. The first-order valence-electron chi connectivity index (χ1n) is 8.19. The average Bonchev–Trinajstić information content (AvgIpc) is 2.56. The fourth-order valence-electron chi connectivity index (χ4n) is 2.60. The van der Waals surface area contributed by atoms with Crippen molar-refractivity contribution in [2.75, 3.05) is 0 Å². The zero-order valence-corrected chi connectivity index (χ0v) is 13.7. The largest absolute Gasteiger partial charge is 0.268 e. The molecule has 0 aliphatic heterocycles. The van der Waals surface area contributed by atoms with E-state index in [-0.39, 0.29) is 5.56 Å². The Morgan fingerprint density at radius 1 is 1.13 bits per heavy atom. The van der Waals surface area contributed by atoms with Crippen LogP contribution in [0.25, 0.3) is 0 Å². The van der Waals surface area contributed by atoms with Crippen LogP contribution in [-0.4, -0.2) is 9.78 Å². The van der Waals surface area contributed by atoms with E-state index in [1.807, 2.05) is 25.1 Å². The van der Waals surface area contributed by atoms with E-state index in [0.717, 1.165) is 43.4 Å². The highest BCUT2D eigenvalue weighted by molar-refractivity contribution is 5.26. The highest BCUT2D eigenvalue weighted by Gasteiger charge is 2.06. The Bertz CT molecular complexity index is 714. The molecule has 0 N–H and O–H groups in total. The van der Waals surface area contributed by atoms with Crippen molar-refractivity contribution >= 4 is 0 Å². The van der Waals surface area contributed by atoms with Gasteiger partial charge in [0.15, 0.2) is 0 Å². The molecular formula is C19H23N3O. The Morgan fingerprint density at radius 3 is 2.61 bits per heavy atom. The summed E-state index contributed by atoms with van der Waals surface area (Å²) < 4.78 is 1.56. The monoisotopic (exact) mass is 309 g/mol. The molecular weight excluding hydrogens is 286 g/mol. The molecule has 0 aliphatic carbocycles. The molecule has 2 aromatic rings. The van der Waals surface area contributed by atoms with E-state index < -0.39 is 0 Å². The second kappa shape index (κ2) is 8.89. The number of benzene rings is 1. The van der Waals surface area contributed by atoms with E-state index in [0.29, 0.717) is 13.0 Å². The van der Waals surface area contributed by atoms with Crippen LogP contribution in [0.3, 0.4) is 0 Å². The van der Waals surface area contributed by atoms with Gasteiger partial charge in [-0.1, -0.05) is 43.2 Å². The van der Waals surface area contributed by atoms with Crippen LogP contribution in [0.5, 0.6) is 0 Å². The summed E-state index contributed by atoms with van der Waals surface area (Å²) in [5, 5.41) is 12.9. The Labute approximate surface area is 137 Å². The lowest BCUT2D eigenvalue weighted by Gasteiger charge is -2.09. The van der Waals surface area contributed by atoms with Crippen LogP contribution in [0, 0.1) is 18.3 Å². The molecule has 0 spiro atoms. The quantitative estimate of drug-likeness (QED) is 0.700. The van der Waals surface area contributed by atoms with Crippen molar-refractivity contribution in [3.63, 3.8) is 0 Å². The molecule has 1 aromatic carbocycles. The lowest BCUT2D eigenvalue weighted by molar-refractivity contribution is 0.510. The van der Waals surface area contributed by atoms with E-state index in [9.17, 15) is 4.79 Å². The number of aromatic nitrogens is 2. The number of nitrogens with zero attached hydrogens (tertiary/aromatic N) is 3. The Morgan fingerprint density at radius 2 is 1.87 bits per heavy atom. The minimum atomic E-state index is -0.0291. The number of nitriles is 1. The predicted molar refractivity (Wildman–Crippen MR) is 91.2 cm³/mol. The zero-order valence-electron chi connectivity index (χ0n) is 13.7. The lowest BCUT2D eigenvalue weighted by atomic mass is 10.0. The zero-order chi connectivity index (χ0) is 16.5. The molecule has 0 unspecified atom stereocenters. The highest BCUT2D eigenvalue weighted by atomic mass is 16.1. The third-order valence-corrected chi connectivity index (χ3v) is 3.93. The van der Waals surface area contributed by atoms with Gasteiger partial charge in [0.05, 0.1) is 11.8 Å². The second-order valence-electron chi connectivity index (χ2n) is 5.80. The van der Waals surface area contributed by atoms with Gasteiger partial charge in [-0.2, -0.15) is 10.4 Å². The highest BCUT2D eigenvalue weighted by Crippen LogP contribution is 2.10. The van der Waals surface area contributed by atoms with Gasteiger partial charge in [0.25, 0.3) is 5.56 Å². The Balaban J connectivity index is 1.95. The number of hydrogen-bond acceptors (Lipinski definition) is 3. The van der Waals surface area contributed by atoms with Gasteiger partial charge in [0, 0.05) is 19.0 Å². The van der Waals surface area contributed by atoms with E-state index in [4.69, 9.17) is 5.26 Å². The van der Waals surface area contributed by atoms with Crippen LogP contribution in [0.1, 0.15) is 48.9 Å². The van der Waals surface area contributed by atoms with Gasteiger partial charge < -0.3 is 0 Å². The molecule has 1 heterocycles. The summed E-state index contributed by atoms with van der Waals surface area (Å²) in [7, 11) is 0. The first-order chi connectivity index (χ1) is 11.2. The van der Waals surface area contributed by atoms with Crippen molar-refractivity contribution < 1.29 is 0 Å². The second-order valence-corrected chi connectivity index (χ2v) is 5.80. The van der Waals surface area contributed by atoms with Gasteiger partial charge >= 0.3 is 0 Å². The van der Waals surface area contributed by atoms with Crippen LogP contribution in [0.4, 0.5) is 0 Å². The first-order valence-corrected chi connectivity index (χ1v) is 8.19. The lowest BCUT2D eigenvalue weighted by Crippen LogP contribution is -2.24. The van der Waals surface area contributed by atoms with Gasteiger partial charge in [-0.05, 0) is 37.3 Å². The minimum Gasteiger partial charge on any atom is -0.268 e. The number of hydrogen-bond donors (Lipinski definition) is 0. The summed E-state index contributed by atoms with van der Waals surface area (Å²) in [5.41, 5.74) is 3.06. The van der Waals surface area contributed by atoms with E-state index in [2.05, 4.69) is 23.3 Å². The van der Waals surface area contributed by atoms with Gasteiger partial charge in [0.1, 0.15) is 0 Å². The molecule has 4 heteroatoms. The van der Waals surface area contributed by atoms with Crippen LogP contribution in [0.15, 0.2) is 41.2 Å². The number of unbranched alkanes of at least 4 members (excludes halogenated alkanes) is 4. The molecule has 0 saturated heterocycles. The SMILES string of the molecule is Cc1nn(CCCCCCC#N)c(=O)cc1Cc1ccccc1. The van der Waals surface area contributed by atoms with Crippen molar-refractivity contribution in [3.05, 3.63) is 63.6 Å². The van der Waals surface area contributed by atoms with Crippen LogP contribution >= 0.6 is 0 Å². The molecule has 0 aliphatic rings. The maximum absolute atomic E-state index is 12.2. The third-order valence-electron chi connectivity index (χ3n) is 3.93. The Kier molecular flexibility index (Phi) is 6.56. The van der Waals surface area contributed by atoms with Crippen LogP contribution < -0.4 is 5.56 Å². The summed E-state index contributed by atoms with van der Waals surface area (Å²) >= 11 is 0. The summed E-state index contributed by atoms with van der Waals surface area (Å²) in [5.74, 6) is 0. The third kappa shape index (κ3) is 5.37. The van der Waals surface area contributed by atoms with Crippen molar-refractivity contribution in [2.45, 2.75) is 52.0 Å². The topological polar surface area (TPSA) is 58.7 Å². The minimum absolute atomic E-state index is 0.0291. The van der Waals surface area contributed by atoms with Gasteiger partial charge in [-0.15, -0.1) is 0 Å². The van der Waals surface area contributed by atoms with Crippen molar-refractivity contribution in [1.82, 2.24) is 9.78 Å². The molecule has 0 radical (unpaired) electrons. The maximum atomic E-state index is 12.2. The smallest absolute Gasteiger partial charge is 0.267 e. The summed E-state index contributed by atoms with van der Waals surface area (Å²) in [6.07, 6.45) is 5.28. The van der Waals surface area contributed by atoms with Gasteiger partial charge in [-0.25, -0.2) is 4.68 Å². The average molecular weight is 309 g/mol. The molecule has 2 rings (SSSR count). The van der Waals surface area contributed by atoms with Gasteiger partial charge in [-0.3, -0.25) is 4.79 Å². The molecule has 0 bridgehead atoms. The van der Waals surface area contributed by atoms with Gasteiger partial charge in [0.2, 0.25) is 0 Å². The van der Waals surface area contributed by atoms with Crippen LogP contribution in [-0.2, 0) is 13.0 Å². The molecule has 4 nitrogen and oxygen atoms in total. The molecule has 23 heavy (non-hydrogen) atoms. The molecule has 1 aromatic heterocycles.